The SMILES string of the molecule is CC(NC(C)c1ccc(Cl)cc1Cl)c1ccc(C#N)cc1. The summed E-state index contributed by atoms with van der Waals surface area (Å²) >= 11 is 12.2. The maximum atomic E-state index is 8.82. The monoisotopic (exact) mass is 318 g/mol. The van der Waals surface area contributed by atoms with E-state index in [1.54, 1.807) is 6.07 Å². The third-order valence-electron chi connectivity index (χ3n) is 3.47. The summed E-state index contributed by atoms with van der Waals surface area (Å²) in [5, 5.41) is 13.6. The third kappa shape index (κ3) is 3.98. The van der Waals surface area contributed by atoms with Gasteiger partial charge in [-0.15, -0.1) is 0 Å². The molecule has 2 atom stereocenters. The van der Waals surface area contributed by atoms with E-state index in [0.717, 1.165) is 11.1 Å². The Morgan fingerprint density at radius 1 is 1.00 bits per heavy atom. The number of hydrogen-bond donors (Lipinski definition) is 1. The molecule has 2 rings (SSSR count). The molecule has 4 heteroatoms. The number of nitrogens with zero attached hydrogens (tertiary/aromatic N) is 1. The van der Waals surface area contributed by atoms with Crippen molar-refractivity contribution in [3.63, 3.8) is 0 Å². The second-order valence-corrected chi connectivity index (χ2v) is 5.85. The van der Waals surface area contributed by atoms with Crippen LogP contribution in [-0.2, 0) is 0 Å². The Morgan fingerprint density at radius 2 is 1.67 bits per heavy atom. The summed E-state index contributed by atoms with van der Waals surface area (Å²) in [6.45, 7) is 4.15. The van der Waals surface area contributed by atoms with Crippen molar-refractivity contribution < 1.29 is 0 Å². The molecule has 0 aliphatic rings. The van der Waals surface area contributed by atoms with E-state index >= 15 is 0 Å². The van der Waals surface area contributed by atoms with Crippen LogP contribution in [0.2, 0.25) is 10.0 Å². The zero-order valence-electron chi connectivity index (χ0n) is 11.9. The first-order chi connectivity index (χ1) is 10.0. The Hall–Kier alpha value is -1.53. The molecule has 0 saturated carbocycles. The molecule has 2 nitrogen and oxygen atoms in total. The van der Waals surface area contributed by atoms with Gasteiger partial charge in [-0.3, -0.25) is 0 Å². The predicted molar refractivity (Wildman–Crippen MR) is 87.6 cm³/mol. The molecule has 1 N–H and O–H groups in total. The van der Waals surface area contributed by atoms with Gasteiger partial charge in [-0.1, -0.05) is 41.4 Å². The van der Waals surface area contributed by atoms with Gasteiger partial charge in [-0.2, -0.15) is 5.26 Å². The third-order valence-corrected chi connectivity index (χ3v) is 4.03. The summed E-state index contributed by atoms with van der Waals surface area (Å²) in [7, 11) is 0. The molecule has 2 aromatic rings. The van der Waals surface area contributed by atoms with Crippen LogP contribution in [0.25, 0.3) is 0 Å². The molecule has 0 aromatic heterocycles. The molecule has 0 bridgehead atoms. The Balaban J connectivity index is 2.10. The summed E-state index contributed by atoms with van der Waals surface area (Å²) in [5.41, 5.74) is 2.81. The maximum Gasteiger partial charge on any atom is 0.0991 e. The van der Waals surface area contributed by atoms with Gasteiger partial charge in [-0.25, -0.2) is 0 Å². The van der Waals surface area contributed by atoms with Crippen LogP contribution in [0.15, 0.2) is 42.5 Å². The highest BCUT2D eigenvalue weighted by molar-refractivity contribution is 6.35. The first-order valence-corrected chi connectivity index (χ1v) is 7.48. The minimum atomic E-state index is 0.0976. The zero-order chi connectivity index (χ0) is 15.4. The van der Waals surface area contributed by atoms with Crippen LogP contribution >= 0.6 is 23.2 Å². The van der Waals surface area contributed by atoms with Crippen molar-refractivity contribution in [1.82, 2.24) is 5.32 Å². The number of hydrogen-bond acceptors (Lipinski definition) is 2. The summed E-state index contributed by atoms with van der Waals surface area (Å²) < 4.78 is 0. The van der Waals surface area contributed by atoms with E-state index in [9.17, 15) is 0 Å². The molecule has 0 amide bonds. The summed E-state index contributed by atoms with van der Waals surface area (Å²) in [6, 6.07) is 15.5. The van der Waals surface area contributed by atoms with Crippen molar-refractivity contribution in [3.05, 3.63) is 69.2 Å². The largest absolute Gasteiger partial charge is 0.304 e. The number of rotatable bonds is 4. The zero-order valence-corrected chi connectivity index (χ0v) is 13.4. The smallest absolute Gasteiger partial charge is 0.0991 e. The van der Waals surface area contributed by atoms with Crippen molar-refractivity contribution in [2.45, 2.75) is 25.9 Å². The van der Waals surface area contributed by atoms with E-state index in [-0.39, 0.29) is 12.1 Å². The van der Waals surface area contributed by atoms with Crippen LogP contribution in [0.4, 0.5) is 0 Å². The number of benzene rings is 2. The topological polar surface area (TPSA) is 35.8 Å². The van der Waals surface area contributed by atoms with Gasteiger partial charge in [0.25, 0.3) is 0 Å². The minimum Gasteiger partial charge on any atom is -0.304 e. The second kappa shape index (κ2) is 6.95. The lowest BCUT2D eigenvalue weighted by Crippen LogP contribution is -2.22. The molecule has 0 saturated heterocycles. The molecule has 0 heterocycles. The summed E-state index contributed by atoms with van der Waals surface area (Å²) in [6.07, 6.45) is 0. The van der Waals surface area contributed by atoms with E-state index in [1.165, 1.54) is 0 Å². The van der Waals surface area contributed by atoms with Crippen molar-refractivity contribution in [2.24, 2.45) is 0 Å². The van der Waals surface area contributed by atoms with Crippen LogP contribution in [0, 0.1) is 11.3 Å². The lowest BCUT2D eigenvalue weighted by molar-refractivity contribution is 0.495. The van der Waals surface area contributed by atoms with Gasteiger partial charge in [0, 0.05) is 22.1 Å². The van der Waals surface area contributed by atoms with E-state index < -0.39 is 0 Å². The molecular weight excluding hydrogens is 303 g/mol. The molecule has 2 unspecified atom stereocenters. The fourth-order valence-electron chi connectivity index (χ4n) is 2.26. The van der Waals surface area contributed by atoms with Crippen molar-refractivity contribution in [1.29, 1.82) is 5.26 Å². The Morgan fingerprint density at radius 3 is 2.24 bits per heavy atom. The standard InChI is InChI=1S/C17H16Cl2N2/c1-11(14-5-3-13(10-20)4-6-14)21-12(2)16-8-7-15(18)9-17(16)19/h3-9,11-12,21H,1-2H3. The van der Waals surface area contributed by atoms with Crippen LogP contribution in [0.5, 0.6) is 0 Å². The fourth-order valence-corrected chi connectivity index (χ4v) is 2.83. The van der Waals surface area contributed by atoms with Crippen molar-refractivity contribution in [2.75, 3.05) is 0 Å². The van der Waals surface area contributed by atoms with Gasteiger partial charge in [0.05, 0.1) is 11.6 Å². The molecule has 0 aliphatic carbocycles. The van der Waals surface area contributed by atoms with E-state index in [4.69, 9.17) is 28.5 Å². The average Bonchev–Trinajstić information content (AvgIpc) is 2.47. The Kier molecular flexibility index (Phi) is 5.25. The second-order valence-electron chi connectivity index (χ2n) is 5.01. The van der Waals surface area contributed by atoms with Gasteiger partial charge in [0.15, 0.2) is 0 Å². The van der Waals surface area contributed by atoms with Gasteiger partial charge in [0.1, 0.15) is 0 Å². The fraction of sp³-hybridized carbons (Fsp3) is 0.235. The maximum absolute atomic E-state index is 8.82. The minimum absolute atomic E-state index is 0.0976. The Bertz CT molecular complexity index is 659. The molecule has 21 heavy (non-hydrogen) atoms. The molecule has 2 aromatic carbocycles. The van der Waals surface area contributed by atoms with Gasteiger partial charge >= 0.3 is 0 Å². The van der Waals surface area contributed by atoms with Crippen LogP contribution in [0.1, 0.15) is 42.6 Å². The van der Waals surface area contributed by atoms with Crippen molar-refractivity contribution >= 4 is 23.2 Å². The predicted octanol–water partition coefficient (Wildman–Crippen LogP) is 5.28. The molecule has 0 fully saturated rings. The molecule has 0 aliphatic heterocycles. The lowest BCUT2D eigenvalue weighted by Gasteiger charge is -2.21. The van der Waals surface area contributed by atoms with Gasteiger partial charge in [0.2, 0.25) is 0 Å². The molecule has 108 valence electrons. The highest BCUT2D eigenvalue weighted by Gasteiger charge is 2.14. The van der Waals surface area contributed by atoms with Crippen LogP contribution in [0.3, 0.4) is 0 Å². The highest BCUT2D eigenvalue weighted by Crippen LogP contribution is 2.28. The van der Waals surface area contributed by atoms with Crippen LogP contribution in [-0.4, -0.2) is 0 Å². The average molecular weight is 319 g/mol. The molecule has 0 spiro atoms. The summed E-state index contributed by atoms with van der Waals surface area (Å²) in [5.74, 6) is 0. The number of nitrogens with one attached hydrogen (secondary N) is 1. The van der Waals surface area contributed by atoms with E-state index in [2.05, 4.69) is 25.2 Å². The van der Waals surface area contributed by atoms with E-state index in [1.807, 2.05) is 36.4 Å². The quantitative estimate of drug-likeness (QED) is 0.832. The summed E-state index contributed by atoms with van der Waals surface area (Å²) in [4.78, 5) is 0. The highest BCUT2D eigenvalue weighted by atomic mass is 35.5. The molecule has 0 radical (unpaired) electrons. The van der Waals surface area contributed by atoms with E-state index in [0.29, 0.717) is 15.6 Å². The Labute approximate surface area is 135 Å². The molecular formula is C17H16Cl2N2. The first-order valence-electron chi connectivity index (χ1n) is 6.72. The van der Waals surface area contributed by atoms with Crippen LogP contribution < -0.4 is 5.32 Å². The first kappa shape index (κ1) is 15.9. The normalized spacial score (nSPS) is 13.5. The van der Waals surface area contributed by atoms with Gasteiger partial charge in [-0.05, 0) is 49.2 Å². The van der Waals surface area contributed by atoms with Crippen molar-refractivity contribution in [3.8, 4) is 6.07 Å². The number of halogens is 2. The number of nitriles is 1. The van der Waals surface area contributed by atoms with Gasteiger partial charge < -0.3 is 5.32 Å². The lowest BCUT2D eigenvalue weighted by atomic mass is 10.0.